The molecule has 0 amide bonds. The highest BCUT2D eigenvalue weighted by Crippen LogP contribution is 2.18. The van der Waals surface area contributed by atoms with Crippen LogP contribution >= 0.6 is 0 Å². The van der Waals surface area contributed by atoms with Gasteiger partial charge in [0.2, 0.25) is 0 Å². The zero-order valence-electron chi connectivity index (χ0n) is 10.6. The average molecular weight is 281 g/mol. The van der Waals surface area contributed by atoms with E-state index in [-0.39, 0.29) is 0 Å². The molecule has 0 saturated carbocycles. The highest BCUT2D eigenvalue weighted by atomic mass is 16.4. The molecule has 0 bridgehead atoms. The highest BCUT2D eigenvalue weighted by Gasteiger charge is 2.54. The number of hydrogen-bond acceptors (Lipinski definition) is 8. The molecule has 9 nitrogen and oxygen atoms in total. The number of nitrogens with zero attached hydrogens (tertiary/aromatic N) is 1. The van der Waals surface area contributed by atoms with Crippen LogP contribution in [0.4, 0.5) is 0 Å². The number of carboxylic acid groups (broad SMARTS) is 1. The predicted octanol–water partition coefficient (Wildman–Crippen LogP) is -3.99. The number of Topliss-reactive ketones (excluding diaryl/α,β-unsaturated/α-hetero) is 1. The lowest BCUT2D eigenvalue weighted by Gasteiger charge is -2.32. The summed E-state index contributed by atoms with van der Waals surface area (Å²) >= 11 is 0. The quantitative estimate of drug-likeness (QED) is 0.244. The molecule has 6 N–H and O–H groups in total. The van der Waals surface area contributed by atoms with E-state index in [0.717, 1.165) is 0 Å². The van der Waals surface area contributed by atoms with Crippen LogP contribution in [0.2, 0.25) is 0 Å². The fourth-order valence-electron chi connectivity index (χ4n) is 1.38. The van der Waals surface area contributed by atoms with Crippen molar-refractivity contribution in [2.75, 3.05) is 27.2 Å². The molecule has 0 aliphatic rings. The number of aliphatic hydroxyl groups is 5. The second kappa shape index (κ2) is 6.89. The van der Waals surface area contributed by atoms with Crippen LogP contribution in [0.1, 0.15) is 0 Å². The molecule has 0 unspecified atom stereocenters. The Morgan fingerprint density at radius 2 is 1.68 bits per heavy atom. The summed E-state index contributed by atoms with van der Waals surface area (Å²) in [4.78, 5) is 23.9. The van der Waals surface area contributed by atoms with Crippen LogP contribution in [0.25, 0.3) is 0 Å². The van der Waals surface area contributed by atoms with E-state index >= 15 is 0 Å². The van der Waals surface area contributed by atoms with Crippen molar-refractivity contribution < 1.29 is 40.2 Å². The Bertz CT molecular complexity index is 333. The van der Waals surface area contributed by atoms with E-state index in [9.17, 15) is 24.9 Å². The van der Waals surface area contributed by atoms with Gasteiger partial charge in [0.1, 0.15) is 18.3 Å². The van der Waals surface area contributed by atoms with Gasteiger partial charge in [-0.3, -0.25) is 4.79 Å². The lowest BCUT2D eigenvalue weighted by Crippen LogP contribution is -2.63. The largest absolute Gasteiger partial charge is 0.479 e. The molecule has 0 heterocycles. The Labute approximate surface area is 109 Å². The van der Waals surface area contributed by atoms with E-state index in [2.05, 4.69) is 0 Å². The van der Waals surface area contributed by atoms with Crippen molar-refractivity contribution in [1.82, 2.24) is 4.90 Å². The minimum Gasteiger partial charge on any atom is -0.479 e. The monoisotopic (exact) mass is 281 g/mol. The van der Waals surface area contributed by atoms with E-state index in [1.54, 1.807) is 0 Å². The maximum absolute atomic E-state index is 11.7. The van der Waals surface area contributed by atoms with E-state index < -0.39 is 48.8 Å². The number of carbonyl (C=O) groups excluding carboxylic acids is 1. The van der Waals surface area contributed by atoms with Crippen molar-refractivity contribution in [3.8, 4) is 0 Å². The van der Waals surface area contributed by atoms with Gasteiger partial charge in [0.25, 0.3) is 5.60 Å². The molecule has 0 aliphatic heterocycles. The fourth-order valence-corrected chi connectivity index (χ4v) is 1.38. The third-order valence-electron chi connectivity index (χ3n) is 2.54. The molecule has 0 radical (unpaired) electrons. The molecule has 0 aliphatic carbocycles. The molecule has 0 aromatic rings. The number of carbonyl (C=O) groups is 2. The normalized spacial score (nSPS) is 19.6. The van der Waals surface area contributed by atoms with Crippen LogP contribution in [0.5, 0.6) is 0 Å². The summed E-state index contributed by atoms with van der Waals surface area (Å²) in [5.41, 5.74) is -3.28. The molecule has 4 atom stereocenters. The fraction of sp³-hybridized carbons (Fsp3) is 0.800. The molecular formula is C10H19NO8. The highest BCUT2D eigenvalue weighted by molar-refractivity contribution is 6.08. The van der Waals surface area contributed by atoms with Crippen molar-refractivity contribution in [2.24, 2.45) is 0 Å². The van der Waals surface area contributed by atoms with Crippen LogP contribution in [0, 0.1) is 0 Å². The third kappa shape index (κ3) is 3.93. The number of aliphatic carboxylic acids is 1. The van der Waals surface area contributed by atoms with Gasteiger partial charge < -0.3 is 35.5 Å². The van der Waals surface area contributed by atoms with Crippen molar-refractivity contribution in [3.63, 3.8) is 0 Å². The zero-order chi connectivity index (χ0) is 15.4. The standard InChI is InChI=1S/C10H19NO8/c1-11(2)3-6(14)10(19,9(17)18)8(16)7(15)5(13)4-12/h5,7-8,12-13,15-16,19H,3-4H2,1-2H3,(H,17,18)/t5-,7-,8+,10-/m1/s1. The van der Waals surface area contributed by atoms with Gasteiger partial charge in [-0.2, -0.15) is 0 Å². The summed E-state index contributed by atoms with van der Waals surface area (Å²) in [6, 6.07) is 0. The Kier molecular flexibility index (Phi) is 6.49. The predicted molar refractivity (Wildman–Crippen MR) is 61.3 cm³/mol. The Balaban J connectivity index is 5.29. The first-order valence-corrected chi connectivity index (χ1v) is 5.37. The minimum absolute atomic E-state index is 0.498. The van der Waals surface area contributed by atoms with Crippen molar-refractivity contribution in [2.45, 2.75) is 23.9 Å². The lowest BCUT2D eigenvalue weighted by molar-refractivity contribution is -0.193. The second-order valence-corrected chi connectivity index (χ2v) is 4.42. The summed E-state index contributed by atoms with van der Waals surface area (Å²) in [5.74, 6) is -3.32. The second-order valence-electron chi connectivity index (χ2n) is 4.42. The zero-order valence-corrected chi connectivity index (χ0v) is 10.6. The van der Waals surface area contributed by atoms with E-state index in [1.165, 1.54) is 19.0 Å². The van der Waals surface area contributed by atoms with Crippen LogP contribution in [0.3, 0.4) is 0 Å². The van der Waals surface area contributed by atoms with Crippen LogP contribution in [-0.2, 0) is 9.59 Å². The van der Waals surface area contributed by atoms with Gasteiger partial charge in [0.15, 0.2) is 5.78 Å². The lowest BCUT2D eigenvalue weighted by atomic mass is 9.86. The number of likely N-dealkylation sites (N-methyl/N-ethyl adjacent to an activating group) is 1. The van der Waals surface area contributed by atoms with Gasteiger partial charge in [-0.25, -0.2) is 4.79 Å². The van der Waals surface area contributed by atoms with Crippen LogP contribution in [0.15, 0.2) is 0 Å². The maximum Gasteiger partial charge on any atom is 0.346 e. The summed E-state index contributed by atoms with van der Waals surface area (Å²) in [6.45, 7) is -1.47. The van der Waals surface area contributed by atoms with Crippen molar-refractivity contribution >= 4 is 11.8 Å². The number of rotatable bonds is 8. The van der Waals surface area contributed by atoms with Gasteiger partial charge in [-0.15, -0.1) is 0 Å². The number of carboxylic acids is 1. The average Bonchev–Trinajstić information content (AvgIpc) is 2.33. The number of ketones is 1. The molecule has 0 fully saturated rings. The number of hydrogen-bond donors (Lipinski definition) is 6. The first kappa shape index (κ1) is 17.9. The molecule has 0 aromatic carbocycles. The van der Waals surface area contributed by atoms with Crippen LogP contribution < -0.4 is 0 Å². The van der Waals surface area contributed by atoms with Crippen LogP contribution in [-0.4, -0.2) is 98.5 Å². The molecule has 0 saturated heterocycles. The molecule has 0 aromatic heterocycles. The molecular weight excluding hydrogens is 262 g/mol. The molecule has 0 rings (SSSR count). The minimum atomic E-state index is -3.28. The Morgan fingerprint density at radius 1 is 1.21 bits per heavy atom. The first-order valence-electron chi connectivity index (χ1n) is 5.37. The van der Waals surface area contributed by atoms with E-state index in [0.29, 0.717) is 0 Å². The summed E-state index contributed by atoms with van der Waals surface area (Å²) < 4.78 is 0. The summed E-state index contributed by atoms with van der Waals surface area (Å²) in [7, 11) is 2.87. The van der Waals surface area contributed by atoms with Gasteiger partial charge in [0.05, 0.1) is 13.2 Å². The number of aliphatic hydroxyl groups excluding tert-OH is 4. The summed E-state index contributed by atoms with van der Waals surface area (Å²) in [6.07, 6.45) is -6.58. The van der Waals surface area contributed by atoms with Gasteiger partial charge in [-0.05, 0) is 14.1 Å². The van der Waals surface area contributed by atoms with Gasteiger partial charge >= 0.3 is 5.97 Å². The Morgan fingerprint density at radius 3 is 2.00 bits per heavy atom. The van der Waals surface area contributed by atoms with Gasteiger partial charge in [0, 0.05) is 0 Å². The first-order chi connectivity index (χ1) is 8.58. The molecule has 19 heavy (non-hydrogen) atoms. The van der Waals surface area contributed by atoms with Crippen molar-refractivity contribution in [3.05, 3.63) is 0 Å². The smallest absolute Gasteiger partial charge is 0.346 e. The molecule has 112 valence electrons. The topological polar surface area (TPSA) is 159 Å². The molecule has 0 spiro atoms. The van der Waals surface area contributed by atoms with E-state index in [1.807, 2.05) is 0 Å². The van der Waals surface area contributed by atoms with Gasteiger partial charge in [-0.1, -0.05) is 0 Å². The molecule has 9 heteroatoms. The van der Waals surface area contributed by atoms with Crippen molar-refractivity contribution in [1.29, 1.82) is 0 Å². The third-order valence-corrected chi connectivity index (χ3v) is 2.54. The Hall–Kier alpha value is -1.10. The summed E-state index contributed by atoms with van der Waals surface area (Å²) in [5, 5.41) is 55.4. The van der Waals surface area contributed by atoms with E-state index in [4.69, 9.17) is 15.3 Å². The SMILES string of the molecule is CN(C)CC(=O)[C@](O)(C(=O)O)[C@@H](O)[C@H](O)[C@H](O)CO. The maximum atomic E-state index is 11.7.